The number of hydrogen-bond acceptors (Lipinski definition) is 8. The van der Waals surface area contributed by atoms with E-state index in [1.165, 1.54) is 23.9 Å². The van der Waals surface area contributed by atoms with Gasteiger partial charge in [-0.15, -0.1) is 5.11 Å². The number of pyridine rings is 1. The number of azo groups is 1. The number of fused-ring (bicyclic) bond motifs is 1. The highest BCUT2D eigenvalue weighted by molar-refractivity contribution is 5.90. The number of nitrogen functional groups attached to an aromatic ring is 2. The van der Waals surface area contributed by atoms with Crippen LogP contribution in [0.25, 0.3) is 22.6 Å². The van der Waals surface area contributed by atoms with E-state index in [1.807, 2.05) is 0 Å². The lowest BCUT2D eigenvalue weighted by Crippen LogP contribution is -2.05. The molecule has 0 aliphatic carbocycles. The van der Waals surface area contributed by atoms with Crippen LogP contribution in [0.15, 0.2) is 46.8 Å². The van der Waals surface area contributed by atoms with E-state index in [4.69, 9.17) is 11.5 Å². The summed E-state index contributed by atoms with van der Waals surface area (Å²) in [4.78, 5) is 12.4. The third-order valence-corrected chi connectivity index (χ3v) is 4.18. The maximum absolute atomic E-state index is 14.1. The van der Waals surface area contributed by atoms with Gasteiger partial charge in [0.05, 0.1) is 18.1 Å². The fourth-order valence-electron chi connectivity index (χ4n) is 2.90. The van der Waals surface area contributed by atoms with E-state index in [-0.39, 0.29) is 41.2 Å². The highest BCUT2D eigenvalue weighted by Crippen LogP contribution is 2.32. The van der Waals surface area contributed by atoms with Gasteiger partial charge in [0.25, 0.3) is 0 Å². The number of halogens is 2. The van der Waals surface area contributed by atoms with Crippen molar-refractivity contribution in [1.29, 1.82) is 0 Å². The van der Waals surface area contributed by atoms with Crippen LogP contribution >= 0.6 is 0 Å². The summed E-state index contributed by atoms with van der Waals surface area (Å²) < 4.78 is 29.4. The van der Waals surface area contributed by atoms with Gasteiger partial charge < -0.3 is 11.5 Å². The molecule has 4 N–H and O–H groups in total. The molecule has 3 heterocycles. The molecule has 4 rings (SSSR count). The van der Waals surface area contributed by atoms with E-state index in [0.717, 1.165) is 6.20 Å². The standard InChI is InChI=1S/C18H15F2N9/c1-23-27-14-15(21)25-17(26-16(14)22)13-11-6-10(19)7-24-18(11)29(28-13)8-9-4-2-3-5-12(9)20/h2-7H,8H2,1H3,(H4,21,22,25,26). The second kappa shape index (κ2) is 7.19. The molecule has 29 heavy (non-hydrogen) atoms. The molecule has 0 aliphatic rings. The summed E-state index contributed by atoms with van der Waals surface area (Å²) in [5.41, 5.74) is 12.9. The maximum atomic E-state index is 14.1. The van der Waals surface area contributed by atoms with E-state index in [2.05, 4.69) is 30.3 Å². The third-order valence-electron chi connectivity index (χ3n) is 4.18. The van der Waals surface area contributed by atoms with Crippen LogP contribution in [-0.2, 0) is 6.54 Å². The molecule has 0 saturated carbocycles. The van der Waals surface area contributed by atoms with Gasteiger partial charge in [0.2, 0.25) is 0 Å². The average molecular weight is 395 g/mol. The Hall–Kier alpha value is -4.02. The molecule has 11 heteroatoms. The Morgan fingerprint density at radius 3 is 2.52 bits per heavy atom. The van der Waals surface area contributed by atoms with Crippen molar-refractivity contribution in [2.24, 2.45) is 10.2 Å². The van der Waals surface area contributed by atoms with Crippen LogP contribution in [-0.4, -0.2) is 31.8 Å². The van der Waals surface area contributed by atoms with Gasteiger partial charge in [0.15, 0.2) is 28.8 Å². The largest absolute Gasteiger partial charge is 0.382 e. The first-order valence-electron chi connectivity index (χ1n) is 8.46. The quantitative estimate of drug-likeness (QED) is 0.510. The van der Waals surface area contributed by atoms with E-state index >= 15 is 0 Å². The van der Waals surface area contributed by atoms with Gasteiger partial charge >= 0.3 is 0 Å². The number of rotatable bonds is 4. The van der Waals surface area contributed by atoms with Crippen molar-refractivity contribution in [3.8, 4) is 11.5 Å². The van der Waals surface area contributed by atoms with Gasteiger partial charge in [-0.25, -0.2) is 28.4 Å². The molecule has 0 fully saturated rings. The molecule has 0 radical (unpaired) electrons. The molecule has 146 valence electrons. The van der Waals surface area contributed by atoms with Crippen LogP contribution in [0, 0.1) is 11.6 Å². The van der Waals surface area contributed by atoms with E-state index < -0.39 is 5.82 Å². The topological polar surface area (TPSA) is 133 Å². The molecule has 0 saturated heterocycles. The molecule has 1 aromatic carbocycles. The lowest BCUT2D eigenvalue weighted by Gasteiger charge is -2.05. The Kier molecular flexibility index (Phi) is 4.55. The zero-order valence-corrected chi connectivity index (χ0v) is 15.2. The van der Waals surface area contributed by atoms with Crippen LogP contribution in [0.5, 0.6) is 0 Å². The summed E-state index contributed by atoms with van der Waals surface area (Å²) in [5, 5.41) is 12.2. The van der Waals surface area contributed by atoms with Gasteiger partial charge in [-0.05, 0) is 12.1 Å². The molecule has 0 amide bonds. The third kappa shape index (κ3) is 3.33. The van der Waals surface area contributed by atoms with Crippen molar-refractivity contribution in [2.75, 3.05) is 18.5 Å². The molecule has 4 aromatic rings. The molecule has 0 bridgehead atoms. The molecule has 0 spiro atoms. The Morgan fingerprint density at radius 2 is 1.83 bits per heavy atom. The molecule has 0 atom stereocenters. The molecule has 9 nitrogen and oxygen atoms in total. The van der Waals surface area contributed by atoms with Crippen molar-refractivity contribution in [3.05, 3.63) is 53.7 Å². The number of anilines is 2. The van der Waals surface area contributed by atoms with Gasteiger partial charge in [0, 0.05) is 12.6 Å². The predicted molar refractivity (Wildman–Crippen MR) is 103 cm³/mol. The van der Waals surface area contributed by atoms with Crippen molar-refractivity contribution >= 4 is 28.4 Å². The molecule has 3 aromatic heterocycles. The average Bonchev–Trinajstić information content (AvgIpc) is 3.04. The summed E-state index contributed by atoms with van der Waals surface area (Å²) in [6.07, 6.45) is 1.06. The van der Waals surface area contributed by atoms with Crippen molar-refractivity contribution in [2.45, 2.75) is 6.54 Å². The Labute approximate surface area is 163 Å². The van der Waals surface area contributed by atoms with Crippen molar-refractivity contribution < 1.29 is 8.78 Å². The number of hydrogen-bond donors (Lipinski definition) is 2. The minimum atomic E-state index is -0.568. The Balaban J connectivity index is 1.90. The summed E-state index contributed by atoms with van der Waals surface area (Å²) in [6.45, 7) is 0.0783. The monoisotopic (exact) mass is 395 g/mol. The molecule has 0 aliphatic heterocycles. The first-order valence-corrected chi connectivity index (χ1v) is 8.46. The second-order valence-corrected chi connectivity index (χ2v) is 6.09. The van der Waals surface area contributed by atoms with Crippen LogP contribution < -0.4 is 11.5 Å². The van der Waals surface area contributed by atoms with Crippen LogP contribution in [0.2, 0.25) is 0 Å². The molecular formula is C18H15F2N9. The van der Waals surface area contributed by atoms with E-state index in [9.17, 15) is 8.78 Å². The van der Waals surface area contributed by atoms with Crippen LogP contribution in [0.1, 0.15) is 5.56 Å². The zero-order valence-electron chi connectivity index (χ0n) is 15.2. The maximum Gasteiger partial charge on any atom is 0.184 e. The fraction of sp³-hybridized carbons (Fsp3) is 0.111. The highest BCUT2D eigenvalue weighted by Gasteiger charge is 2.20. The van der Waals surface area contributed by atoms with Crippen molar-refractivity contribution in [1.82, 2.24) is 24.7 Å². The SMILES string of the molecule is CN=Nc1c(N)nc(-c2nn(Cc3ccccc3F)c3ncc(F)cc23)nc1N. The number of benzene rings is 1. The van der Waals surface area contributed by atoms with E-state index in [1.54, 1.807) is 18.2 Å². The number of nitrogens with two attached hydrogens (primary N) is 2. The summed E-state index contributed by atoms with van der Waals surface area (Å²) in [5.74, 6) is -0.890. The van der Waals surface area contributed by atoms with Gasteiger partial charge in [-0.3, -0.25) is 0 Å². The molecule has 0 unspecified atom stereocenters. The first-order chi connectivity index (χ1) is 14.0. The minimum absolute atomic E-state index is 0.000680. The van der Waals surface area contributed by atoms with Crippen LogP contribution in [0.3, 0.4) is 0 Å². The first kappa shape index (κ1) is 18.3. The molecular weight excluding hydrogens is 380 g/mol. The number of aromatic nitrogens is 5. The van der Waals surface area contributed by atoms with E-state index in [0.29, 0.717) is 16.6 Å². The number of nitrogens with zero attached hydrogens (tertiary/aromatic N) is 7. The lowest BCUT2D eigenvalue weighted by molar-refractivity contribution is 0.588. The highest BCUT2D eigenvalue weighted by atomic mass is 19.1. The van der Waals surface area contributed by atoms with Crippen molar-refractivity contribution in [3.63, 3.8) is 0 Å². The Morgan fingerprint density at radius 1 is 1.10 bits per heavy atom. The van der Waals surface area contributed by atoms with Gasteiger partial charge in [0.1, 0.15) is 17.3 Å². The van der Waals surface area contributed by atoms with Gasteiger partial charge in [-0.2, -0.15) is 10.2 Å². The lowest BCUT2D eigenvalue weighted by atomic mass is 10.2. The normalized spacial score (nSPS) is 11.6. The van der Waals surface area contributed by atoms with Gasteiger partial charge in [-0.1, -0.05) is 18.2 Å². The minimum Gasteiger partial charge on any atom is -0.382 e. The summed E-state index contributed by atoms with van der Waals surface area (Å²) in [6, 6.07) is 7.53. The summed E-state index contributed by atoms with van der Waals surface area (Å²) >= 11 is 0. The zero-order chi connectivity index (χ0) is 20.5. The fourth-order valence-corrected chi connectivity index (χ4v) is 2.90. The predicted octanol–water partition coefficient (Wildman–Crippen LogP) is 3.09. The summed E-state index contributed by atoms with van der Waals surface area (Å²) in [7, 11) is 1.46. The smallest absolute Gasteiger partial charge is 0.184 e. The second-order valence-electron chi connectivity index (χ2n) is 6.09. The van der Waals surface area contributed by atoms with Crippen LogP contribution in [0.4, 0.5) is 26.1 Å². The Bertz CT molecular complexity index is 1230.